The third kappa shape index (κ3) is 2.79. The monoisotopic (exact) mass is 352 g/mol. The van der Waals surface area contributed by atoms with E-state index in [-0.39, 0.29) is 5.92 Å². The van der Waals surface area contributed by atoms with Crippen molar-refractivity contribution in [3.8, 4) is 11.3 Å². The summed E-state index contributed by atoms with van der Waals surface area (Å²) in [7, 11) is 0. The van der Waals surface area contributed by atoms with Gasteiger partial charge < -0.3 is 14.5 Å². The predicted octanol–water partition coefficient (Wildman–Crippen LogP) is 3.20. The van der Waals surface area contributed by atoms with E-state index in [1.54, 1.807) is 0 Å². The zero-order valence-electron chi connectivity index (χ0n) is 14.8. The molecule has 1 N–H and O–H groups in total. The largest absolute Gasteiger partial charge is 0.481 e. The van der Waals surface area contributed by atoms with Crippen LogP contribution in [-0.4, -0.2) is 39.3 Å². The van der Waals surface area contributed by atoms with Gasteiger partial charge in [-0.2, -0.15) is 4.98 Å². The van der Waals surface area contributed by atoms with Gasteiger partial charge in [-0.05, 0) is 43.9 Å². The second kappa shape index (κ2) is 6.40. The van der Waals surface area contributed by atoms with Crippen molar-refractivity contribution in [1.82, 2.24) is 15.1 Å². The Morgan fingerprint density at radius 2 is 1.96 bits per heavy atom. The number of aryl methyl sites for hydroxylation is 2. The van der Waals surface area contributed by atoms with Gasteiger partial charge in [0.15, 0.2) is 0 Å². The first-order valence-electron chi connectivity index (χ1n) is 8.70. The molecule has 2 aromatic heterocycles. The molecule has 0 amide bonds. The first kappa shape index (κ1) is 16.5. The minimum atomic E-state index is -0.724. The molecule has 7 nitrogen and oxygen atoms in total. The molecule has 1 saturated heterocycles. The quantitative estimate of drug-likeness (QED) is 0.773. The number of carboxylic acid groups (broad SMARTS) is 1. The lowest BCUT2D eigenvalue weighted by Gasteiger charge is -2.31. The lowest BCUT2D eigenvalue weighted by atomic mass is 9.97. The average molecular weight is 352 g/mol. The Bertz CT molecular complexity index is 974. The summed E-state index contributed by atoms with van der Waals surface area (Å²) in [6, 6.07) is 6.17. The van der Waals surface area contributed by atoms with E-state index in [4.69, 9.17) is 4.52 Å². The zero-order chi connectivity index (χ0) is 18.3. The summed E-state index contributed by atoms with van der Waals surface area (Å²) in [5.41, 5.74) is 4.53. The minimum absolute atomic E-state index is 0.287. The summed E-state index contributed by atoms with van der Waals surface area (Å²) in [6.45, 7) is 5.41. The van der Waals surface area contributed by atoms with Gasteiger partial charge in [-0.25, -0.2) is 4.98 Å². The topological polar surface area (TPSA) is 92.4 Å². The molecular formula is C19H20N4O3. The van der Waals surface area contributed by atoms with Crippen LogP contribution >= 0.6 is 0 Å². The Morgan fingerprint density at radius 1 is 1.19 bits per heavy atom. The third-order valence-electron chi connectivity index (χ3n) is 5.18. The van der Waals surface area contributed by atoms with E-state index in [2.05, 4.69) is 46.0 Å². The van der Waals surface area contributed by atoms with Crippen molar-refractivity contribution in [2.75, 3.05) is 18.0 Å². The SMILES string of the molecule is Cc1ccc(-c2noc3ncnc(N4CCC(C(=O)O)CC4)c23)cc1C. The van der Waals surface area contributed by atoms with Crippen molar-refractivity contribution >= 4 is 22.9 Å². The molecule has 134 valence electrons. The Hall–Kier alpha value is -2.96. The molecule has 0 saturated carbocycles. The third-order valence-corrected chi connectivity index (χ3v) is 5.18. The van der Waals surface area contributed by atoms with Crippen LogP contribution in [-0.2, 0) is 4.79 Å². The lowest BCUT2D eigenvalue weighted by molar-refractivity contribution is -0.142. The van der Waals surface area contributed by atoms with E-state index >= 15 is 0 Å². The van der Waals surface area contributed by atoms with Crippen LogP contribution in [0.5, 0.6) is 0 Å². The Morgan fingerprint density at radius 3 is 2.65 bits per heavy atom. The Balaban J connectivity index is 1.76. The second-order valence-electron chi connectivity index (χ2n) is 6.81. The maximum Gasteiger partial charge on any atom is 0.306 e. The van der Waals surface area contributed by atoms with Crippen LogP contribution in [0.1, 0.15) is 24.0 Å². The highest BCUT2D eigenvalue weighted by Gasteiger charge is 2.28. The molecule has 1 fully saturated rings. The van der Waals surface area contributed by atoms with Crippen molar-refractivity contribution in [2.45, 2.75) is 26.7 Å². The Labute approximate surface area is 150 Å². The molecule has 0 spiro atoms. The lowest BCUT2D eigenvalue weighted by Crippen LogP contribution is -2.36. The average Bonchev–Trinajstić information content (AvgIpc) is 3.08. The molecular weight excluding hydrogens is 332 g/mol. The highest BCUT2D eigenvalue weighted by molar-refractivity contribution is 5.98. The number of aromatic nitrogens is 3. The smallest absolute Gasteiger partial charge is 0.306 e. The van der Waals surface area contributed by atoms with Crippen LogP contribution in [0.3, 0.4) is 0 Å². The van der Waals surface area contributed by atoms with E-state index in [0.29, 0.717) is 31.6 Å². The number of carboxylic acids is 1. The van der Waals surface area contributed by atoms with Crippen LogP contribution in [0, 0.1) is 19.8 Å². The van der Waals surface area contributed by atoms with Gasteiger partial charge in [0.05, 0.1) is 5.92 Å². The molecule has 3 heterocycles. The summed E-state index contributed by atoms with van der Waals surface area (Å²) < 4.78 is 5.44. The number of benzene rings is 1. The van der Waals surface area contributed by atoms with Gasteiger partial charge in [0.2, 0.25) is 0 Å². The molecule has 0 aliphatic carbocycles. The molecule has 0 radical (unpaired) electrons. The van der Waals surface area contributed by atoms with Crippen molar-refractivity contribution in [2.24, 2.45) is 5.92 Å². The van der Waals surface area contributed by atoms with Crippen LogP contribution in [0.4, 0.5) is 5.82 Å². The minimum Gasteiger partial charge on any atom is -0.481 e. The van der Waals surface area contributed by atoms with Crippen molar-refractivity contribution < 1.29 is 14.4 Å². The first-order chi connectivity index (χ1) is 12.5. The van der Waals surface area contributed by atoms with Gasteiger partial charge in [0.25, 0.3) is 5.71 Å². The highest BCUT2D eigenvalue weighted by Crippen LogP contribution is 2.35. The van der Waals surface area contributed by atoms with Crippen LogP contribution in [0.2, 0.25) is 0 Å². The number of rotatable bonds is 3. The number of fused-ring (bicyclic) bond motifs is 1. The molecule has 4 rings (SSSR count). The van der Waals surface area contributed by atoms with E-state index in [1.165, 1.54) is 17.5 Å². The van der Waals surface area contributed by atoms with Crippen LogP contribution < -0.4 is 4.90 Å². The molecule has 0 atom stereocenters. The maximum atomic E-state index is 11.2. The fourth-order valence-corrected chi connectivity index (χ4v) is 3.44. The van der Waals surface area contributed by atoms with E-state index in [9.17, 15) is 9.90 Å². The second-order valence-corrected chi connectivity index (χ2v) is 6.81. The number of nitrogens with zero attached hydrogens (tertiary/aromatic N) is 4. The van der Waals surface area contributed by atoms with E-state index in [1.807, 2.05) is 6.07 Å². The van der Waals surface area contributed by atoms with Gasteiger partial charge in [0.1, 0.15) is 23.2 Å². The zero-order valence-corrected chi connectivity index (χ0v) is 14.8. The van der Waals surface area contributed by atoms with Gasteiger partial charge in [-0.15, -0.1) is 0 Å². The maximum absolute atomic E-state index is 11.2. The molecule has 0 unspecified atom stereocenters. The standard InChI is InChI=1S/C19H20N4O3/c1-11-3-4-14(9-12(11)2)16-15-17(20-10-21-18(15)26-22-16)23-7-5-13(6-8-23)19(24)25/h3-4,9-10,13H,5-8H2,1-2H3,(H,24,25). The summed E-state index contributed by atoms with van der Waals surface area (Å²) >= 11 is 0. The number of piperidine rings is 1. The number of carbonyl (C=O) groups is 1. The molecule has 26 heavy (non-hydrogen) atoms. The van der Waals surface area contributed by atoms with Gasteiger partial charge in [-0.1, -0.05) is 17.3 Å². The predicted molar refractivity (Wildman–Crippen MR) is 97.1 cm³/mol. The molecule has 3 aromatic rings. The number of aliphatic carboxylic acids is 1. The van der Waals surface area contributed by atoms with E-state index < -0.39 is 5.97 Å². The summed E-state index contributed by atoms with van der Waals surface area (Å²) in [6.07, 6.45) is 2.67. The van der Waals surface area contributed by atoms with Crippen molar-refractivity contribution in [3.05, 3.63) is 35.7 Å². The number of hydrogen-bond donors (Lipinski definition) is 1. The fraction of sp³-hybridized carbons (Fsp3) is 0.368. The van der Waals surface area contributed by atoms with E-state index in [0.717, 1.165) is 22.5 Å². The fourth-order valence-electron chi connectivity index (χ4n) is 3.44. The van der Waals surface area contributed by atoms with Crippen LogP contribution in [0.15, 0.2) is 29.0 Å². The summed E-state index contributed by atoms with van der Waals surface area (Å²) in [5.74, 6) is -0.253. The van der Waals surface area contributed by atoms with Crippen LogP contribution in [0.25, 0.3) is 22.4 Å². The molecule has 1 aliphatic heterocycles. The summed E-state index contributed by atoms with van der Waals surface area (Å²) in [5, 5.41) is 14.2. The molecule has 1 aliphatic rings. The van der Waals surface area contributed by atoms with Crippen molar-refractivity contribution in [1.29, 1.82) is 0 Å². The normalized spacial score (nSPS) is 15.5. The number of anilines is 1. The molecule has 1 aromatic carbocycles. The Kier molecular flexibility index (Phi) is 4.06. The number of hydrogen-bond acceptors (Lipinski definition) is 6. The van der Waals surface area contributed by atoms with Crippen molar-refractivity contribution in [3.63, 3.8) is 0 Å². The molecule has 0 bridgehead atoms. The summed E-state index contributed by atoms with van der Waals surface area (Å²) in [4.78, 5) is 22.0. The highest BCUT2D eigenvalue weighted by atomic mass is 16.5. The van der Waals surface area contributed by atoms with Gasteiger partial charge >= 0.3 is 5.97 Å². The molecule has 7 heteroatoms. The van der Waals surface area contributed by atoms with Gasteiger partial charge in [-0.3, -0.25) is 4.79 Å². The first-order valence-corrected chi connectivity index (χ1v) is 8.70. The van der Waals surface area contributed by atoms with Gasteiger partial charge in [0, 0.05) is 18.7 Å².